The lowest BCUT2D eigenvalue weighted by Gasteiger charge is -2.40. The van der Waals surface area contributed by atoms with Gasteiger partial charge >= 0.3 is 0 Å². The number of carbonyl (C=O) groups is 2. The van der Waals surface area contributed by atoms with Crippen molar-refractivity contribution in [2.24, 2.45) is 13.0 Å². The lowest BCUT2D eigenvalue weighted by molar-refractivity contribution is -0.152. The van der Waals surface area contributed by atoms with Crippen molar-refractivity contribution >= 4 is 11.8 Å². The van der Waals surface area contributed by atoms with Gasteiger partial charge in [-0.1, -0.05) is 20.8 Å². The van der Waals surface area contributed by atoms with Crippen molar-refractivity contribution in [3.05, 3.63) is 18.0 Å². The van der Waals surface area contributed by atoms with E-state index in [1.165, 1.54) is 0 Å². The SMILES string of the molecule is CCC1NC(=O)C(C(C)C)N(Cc2ccn(C)n2)C1=O. The predicted molar refractivity (Wildman–Crippen MR) is 74.6 cm³/mol. The highest BCUT2D eigenvalue weighted by Gasteiger charge is 2.41. The Hall–Kier alpha value is -1.85. The van der Waals surface area contributed by atoms with Gasteiger partial charge in [0.25, 0.3) is 0 Å². The fourth-order valence-electron chi connectivity index (χ4n) is 2.64. The van der Waals surface area contributed by atoms with Crippen molar-refractivity contribution in [2.45, 2.75) is 45.8 Å². The van der Waals surface area contributed by atoms with Gasteiger partial charge in [-0.05, 0) is 18.4 Å². The molecule has 1 aliphatic rings. The minimum Gasteiger partial charge on any atom is -0.343 e. The van der Waals surface area contributed by atoms with Gasteiger partial charge in [0.15, 0.2) is 0 Å². The summed E-state index contributed by atoms with van der Waals surface area (Å²) in [6.45, 7) is 6.19. The zero-order valence-corrected chi connectivity index (χ0v) is 12.5. The Bertz CT molecular complexity index is 509. The van der Waals surface area contributed by atoms with Gasteiger partial charge in [0.2, 0.25) is 11.8 Å². The molecule has 0 bridgehead atoms. The molecule has 1 aromatic rings. The van der Waals surface area contributed by atoms with E-state index >= 15 is 0 Å². The third kappa shape index (κ3) is 2.69. The number of amides is 2. The van der Waals surface area contributed by atoms with Crippen LogP contribution in [0, 0.1) is 5.92 Å². The largest absolute Gasteiger partial charge is 0.343 e. The lowest BCUT2D eigenvalue weighted by atomic mass is 9.96. The van der Waals surface area contributed by atoms with Crippen LogP contribution in [-0.4, -0.2) is 38.6 Å². The molecule has 0 saturated carbocycles. The predicted octanol–water partition coefficient (Wildman–Crippen LogP) is 0.682. The number of rotatable bonds is 4. The summed E-state index contributed by atoms with van der Waals surface area (Å²) in [5.74, 6) is -0.0145. The fraction of sp³-hybridized carbons (Fsp3) is 0.643. The molecule has 2 amide bonds. The molecule has 0 aromatic carbocycles. The van der Waals surface area contributed by atoms with Crippen LogP contribution >= 0.6 is 0 Å². The average molecular weight is 278 g/mol. The number of aryl methyl sites for hydroxylation is 1. The van der Waals surface area contributed by atoms with E-state index in [0.29, 0.717) is 13.0 Å². The van der Waals surface area contributed by atoms with Crippen LogP contribution in [0.3, 0.4) is 0 Å². The first-order chi connectivity index (χ1) is 9.43. The maximum absolute atomic E-state index is 12.5. The summed E-state index contributed by atoms with van der Waals surface area (Å²) in [5, 5.41) is 7.11. The van der Waals surface area contributed by atoms with Gasteiger partial charge in [0.1, 0.15) is 12.1 Å². The summed E-state index contributed by atoms with van der Waals surface area (Å²) in [6.07, 6.45) is 2.44. The Morgan fingerprint density at radius 3 is 2.60 bits per heavy atom. The lowest BCUT2D eigenvalue weighted by Crippen LogP contribution is -2.64. The zero-order valence-electron chi connectivity index (χ0n) is 12.5. The highest BCUT2D eigenvalue weighted by molar-refractivity contribution is 5.97. The van der Waals surface area contributed by atoms with Gasteiger partial charge in [-0.15, -0.1) is 0 Å². The Morgan fingerprint density at radius 1 is 1.40 bits per heavy atom. The van der Waals surface area contributed by atoms with Crippen LogP contribution in [0.2, 0.25) is 0 Å². The number of carbonyl (C=O) groups excluding carboxylic acids is 2. The number of aromatic nitrogens is 2. The molecule has 1 aromatic heterocycles. The Morgan fingerprint density at radius 2 is 2.10 bits per heavy atom. The van der Waals surface area contributed by atoms with Crippen molar-refractivity contribution in [3.8, 4) is 0 Å². The molecule has 1 saturated heterocycles. The number of nitrogens with one attached hydrogen (secondary N) is 1. The van der Waals surface area contributed by atoms with Crippen molar-refractivity contribution in [3.63, 3.8) is 0 Å². The quantitative estimate of drug-likeness (QED) is 0.881. The Balaban J connectivity index is 2.27. The smallest absolute Gasteiger partial charge is 0.246 e. The molecule has 2 unspecified atom stereocenters. The molecule has 0 aliphatic carbocycles. The maximum atomic E-state index is 12.5. The van der Waals surface area contributed by atoms with Crippen LogP contribution in [0.25, 0.3) is 0 Å². The van der Waals surface area contributed by atoms with E-state index in [1.54, 1.807) is 9.58 Å². The van der Waals surface area contributed by atoms with Gasteiger partial charge < -0.3 is 10.2 Å². The second-order valence-corrected chi connectivity index (χ2v) is 5.61. The maximum Gasteiger partial charge on any atom is 0.246 e. The van der Waals surface area contributed by atoms with E-state index in [0.717, 1.165) is 5.69 Å². The molecule has 6 heteroatoms. The molecule has 110 valence electrons. The highest BCUT2D eigenvalue weighted by Crippen LogP contribution is 2.20. The third-order valence-electron chi connectivity index (χ3n) is 3.64. The average Bonchev–Trinajstić information content (AvgIpc) is 2.78. The number of hydrogen-bond donors (Lipinski definition) is 1. The van der Waals surface area contributed by atoms with Crippen LogP contribution < -0.4 is 5.32 Å². The molecule has 1 fully saturated rings. The molecule has 2 atom stereocenters. The molecule has 2 heterocycles. The number of nitrogens with zero attached hydrogens (tertiary/aromatic N) is 3. The first-order valence-corrected chi connectivity index (χ1v) is 7.03. The van der Waals surface area contributed by atoms with Crippen molar-refractivity contribution < 1.29 is 9.59 Å². The number of hydrogen-bond acceptors (Lipinski definition) is 3. The van der Waals surface area contributed by atoms with Gasteiger partial charge in [-0.3, -0.25) is 14.3 Å². The van der Waals surface area contributed by atoms with Crippen molar-refractivity contribution in [1.29, 1.82) is 0 Å². The summed E-state index contributed by atoms with van der Waals surface area (Å²) in [5.41, 5.74) is 0.802. The summed E-state index contributed by atoms with van der Waals surface area (Å²) in [7, 11) is 1.84. The summed E-state index contributed by atoms with van der Waals surface area (Å²) >= 11 is 0. The van der Waals surface area contributed by atoms with Crippen LogP contribution in [-0.2, 0) is 23.2 Å². The summed E-state index contributed by atoms with van der Waals surface area (Å²) in [6, 6.07) is 1.03. The Kier molecular flexibility index (Phi) is 4.11. The molecule has 0 radical (unpaired) electrons. The summed E-state index contributed by atoms with van der Waals surface area (Å²) < 4.78 is 1.70. The van der Waals surface area contributed by atoms with E-state index in [-0.39, 0.29) is 17.7 Å². The van der Waals surface area contributed by atoms with E-state index in [1.807, 2.05) is 40.1 Å². The molecule has 2 rings (SSSR count). The molecule has 6 nitrogen and oxygen atoms in total. The zero-order chi connectivity index (χ0) is 14.9. The number of piperazine rings is 1. The highest BCUT2D eigenvalue weighted by atomic mass is 16.2. The molecule has 1 N–H and O–H groups in total. The van der Waals surface area contributed by atoms with Crippen molar-refractivity contribution in [2.75, 3.05) is 0 Å². The normalized spacial score (nSPS) is 23.4. The Labute approximate surface area is 119 Å². The minimum atomic E-state index is -0.424. The third-order valence-corrected chi connectivity index (χ3v) is 3.64. The topological polar surface area (TPSA) is 67.2 Å². The standard InChI is InChI=1S/C14H22N4O2/c1-5-11-14(20)18(8-10-6-7-17(4)16-10)12(9(2)3)13(19)15-11/h6-7,9,11-12H,5,8H2,1-4H3,(H,15,19). The van der Waals surface area contributed by atoms with Gasteiger partial charge in [0.05, 0.1) is 12.2 Å². The monoisotopic (exact) mass is 278 g/mol. The molecule has 1 aliphatic heterocycles. The molecular formula is C14H22N4O2. The van der Waals surface area contributed by atoms with E-state index in [4.69, 9.17) is 0 Å². The first kappa shape index (κ1) is 14.6. The van der Waals surface area contributed by atoms with Crippen LogP contribution in [0.4, 0.5) is 0 Å². The van der Waals surface area contributed by atoms with Gasteiger partial charge in [-0.2, -0.15) is 5.10 Å². The van der Waals surface area contributed by atoms with Crippen molar-refractivity contribution in [1.82, 2.24) is 20.0 Å². The van der Waals surface area contributed by atoms with Crippen LogP contribution in [0.15, 0.2) is 12.3 Å². The molecule has 20 heavy (non-hydrogen) atoms. The second kappa shape index (κ2) is 5.64. The second-order valence-electron chi connectivity index (χ2n) is 5.61. The molecular weight excluding hydrogens is 256 g/mol. The minimum absolute atomic E-state index is 0.0172. The van der Waals surface area contributed by atoms with E-state index in [9.17, 15) is 9.59 Å². The fourth-order valence-corrected chi connectivity index (χ4v) is 2.64. The molecule has 0 spiro atoms. The van der Waals surface area contributed by atoms with E-state index < -0.39 is 12.1 Å². The summed E-state index contributed by atoms with van der Waals surface area (Å²) in [4.78, 5) is 26.4. The van der Waals surface area contributed by atoms with Gasteiger partial charge in [-0.25, -0.2) is 0 Å². The van der Waals surface area contributed by atoms with Crippen LogP contribution in [0.5, 0.6) is 0 Å². The van der Waals surface area contributed by atoms with Crippen LogP contribution in [0.1, 0.15) is 32.9 Å². The first-order valence-electron chi connectivity index (χ1n) is 7.03. The van der Waals surface area contributed by atoms with Gasteiger partial charge in [0, 0.05) is 13.2 Å². The van der Waals surface area contributed by atoms with E-state index in [2.05, 4.69) is 10.4 Å².